The smallest absolute Gasteiger partial charge is 0.416 e. The number of esters is 1. The van der Waals surface area contributed by atoms with E-state index in [9.17, 15) is 18.0 Å². The molecule has 0 spiro atoms. The SMILES string of the molecule is Nc1cc(C(=O)OCC2CC2)cc(C(F)(F)F)c1. The fraction of sp³-hybridized carbons (Fsp3) is 0.417. The number of carbonyl (C=O) groups excluding carboxylic acids is 1. The fourth-order valence-electron chi connectivity index (χ4n) is 1.49. The minimum atomic E-state index is -4.53. The highest BCUT2D eigenvalue weighted by Crippen LogP contribution is 2.32. The van der Waals surface area contributed by atoms with Gasteiger partial charge in [-0.15, -0.1) is 0 Å². The third kappa shape index (κ3) is 3.15. The Morgan fingerprint density at radius 1 is 1.33 bits per heavy atom. The number of ether oxygens (including phenoxy) is 1. The number of hydrogen-bond donors (Lipinski definition) is 1. The normalized spacial score (nSPS) is 15.5. The number of anilines is 1. The summed E-state index contributed by atoms with van der Waals surface area (Å²) < 4.78 is 42.5. The molecule has 1 fully saturated rings. The second kappa shape index (κ2) is 4.51. The predicted octanol–water partition coefficient (Wildman–Crippen LogP) is 2.85. The van der Waals surface area contributed by atoms with Gasteiger partial charge < -0.3 is 10.5 Å². The van der Waals surface area contributed by atoms with Crippen LogP contribution in [0.2, 0.25) is 0 Å². The van der Waals surface area contributed by atoms with Crippen molar-refractivity contribution < 1.29 is 22.7 Å². The fourth-order valence-corrected chi connectivity index (χ4v) is 1.49. The van der Waals surface area contributed by atoms with Crippen LogP contribution in [0.5, 0.6) is 0 Å². The van der Waals surface area contributed by atoms with Gasteiger partial charge in [-0.1, -0.05) is 0 Å². The van der Waals surface area contributed by atoms with Gasteiger partial charge in [0, 0.05) is 5.69 Å². The Hall–Kier alpha value is -1.72. The molecule has 1 aromatic rings. The van der Waals surface area contributed by atoms with Crippen LogP contribution in [0.3, 0.4) is 0 Å². The summed E-state index contributed by atoms with van der Waals surface area (Å²) in [6.07, 6.45) is -2.53. The predicted molar refractivity (Wildman–Crippen MR) is 58.9 cm³/mol. The lowest BCUT2D eigenvalue weighted by molar-refractivity contribution is -0.137. The lowest BCUT2D eigenvalue weighted by Gasteiger charge is -2.10. The Morgan fingerprint density at radius 3 is 2.56 bits per heavy atom. The first-order valence-electron chi connectivity index (χ1n) is 5.51. The van der Waals surface area contributed by atoms with Crippen molar-refractivity contribution in [1.82, 2.24) is 0 Å². The highest BCUT2D eigenvalue weighted by atomic mass is 19.4. The van der Waals surface area contributed by atoms with Gasteiger partial charge in [0.05, 0.1) is 17.7 Å². The molecule has 0 heterocycles. The highest BCUT2D eigenvalue weighted by molar-refractivity contribution is 5.90. The summed E-state index contributed by atoms with van der Waals surface area (Å²) in [5.41, 5.74) is 4.14. The van der Waals surface area contributed by atoms with Gasteiger partial charge in [-0.05, 0) is 37.0 Å². The van der Waals surface area contributed by atoms with E-state index in [0.29, 0.717) is 5.92 Å². The van der Waals surface area contributed by atoms with E-state index in [2.05, 4.69) is 0 Å². The zero-order chi connectivity index (χ0) is 13.3. The van der Waals surface area contributed by atoms with E-state index < -0.39 is 17.7 Å². The standard InChI is InChI=1S/C12H12F3NO2/c13-12(14,15)9-3-8(4-10(16)5-9)11(17)18-6-7-1-2-7/h3-5,7H,1-2,6,16H2. The largest absolute Gasteiger partial charge is 0.462 e. The van der Waals surface area contributed by atoms with Crippen LogP contribution in [-0.4, -0.2) is 12.6 Å². The van der Waals surface area contributed by atoms with E-state index >= 15 is 0 Å². The molecule has 18 heavy (non-hydrogen) atoms. The summed E-state index contributed by atoms with van der Waals surface area (Å²) in [7, 11) is 0. The zero-order valence-corrected chi connectivity index (χ0v) is 9.46. The molecule has 1 aliphatic carbocycles. The Labute approximate surface area is 102 Å². The molecule has 1 saturated carbocycles. The molecule has 1 aromatic carbocycles. The first-order chi connectivity index (χ1) is 8.36. The minimum Gasteiger partial charge on any atom is -0.462 e. The van der Waals surface area contributed by atoms with Crippen LogP contribution in [0.4, 0.5) is 18.9 Å². The number of alkyl halides is 3. The van der Waals surface area contributed by atoms with Crippen molar-refractivity contribution >= 4 is 11.7 Å². The highest BCUT2D eigenvalue weighted by Gasteiger charge is 2.32. The maximum atomic E-state index is 12.5. The van der Waals surface area contributed by atoms with Crippen LogP contribution in [0.1, 0.15) is 28.8 Å². The third-order valence-electron chi connectivity index (χ3n) is 2.67. The van der Waals surface area contributed by atoms with Crippen LogP contribution < -0.4 is 5.73 Å². The summed E-state index contributed by atoms with van der Waals surface area (Å²) in [5.74, 6) is -0.406. The summed E-state index contributed by atoms with van der Waals surface area (Å²) >= 11 is 0. The second-order valence-electron chi connectivity index (χ2n) is 4.38. The molecule has 98 valence electrons. The van der Waals surface area contributed by atoms with Crippen LogP contribution in [0.15, 0.2) is 18.2 Å². The van der Waals surface area contributed by atoms with Crippen molar-refractivity contribution in [3.8, 4) is 0 Å². The van der Waals surface area contributed by atoms with Gasteiger partial charge in [-0.25, -0.2) is 4.79 Å². The molecule has 2 N–H and O–H groups in total. The molecular weight excluding hydrogens is 247 g/mol. The number of carbonyl (C=O) groups is 1. The Balaban J connectivity index is 2.15. The molecular formula is C12H12F3NO2. The number of nitrogen functional groups attached to an aromatic ring is 1. The maximum absolute atomic E-state index is 12.5. The van der Waals surface area contributed by atoms with E-state index in [1.54, 1.807) is 0 Å². The van der Waals surface area contributed by atoms with Crippen molar-refractivity contribution in [2.24, 2.45) is 5.92 Å². The summed E-state index contributed by atoms with van der Waals surface area (Å²) in [5, 5.41) is 0. The Bertz CT molecular complexity index is 467. The van der Waals surface area contributed by atoms with Gasteiger partial charge in [-0.3, -0.25) is 0 Å². The number of hydrogen-bond acceptors (Lipinski definition) is 3. The number of halogens is 3. The molecule has 0 bridgehead atoms. The van der Waals surface area contributed by atoms with Crippen LogP contribution in [0.25, 0.3) is 0 Å². The van der Waals surface area contributed by atoms with E-state index in [1.807, 2.05) is 0 Å². The Kier molecular flexibility index (Phi) is 3.19. The number of nitrogens with two attached hydrogens (primary N) is 1. The molecule has 3 nitrogen and oxygen atoms in total. The van der Waals surface area contributed by atoms with E-state index in [0.717, 1.165) is 25.0 Å². The minimum absolute atomic E-state index is 0.108. The van der Waals surface area contributed by atoms with Crippen LogP contribution in [-0.2, 0) is 10.9 Å². The molecule has 0 radical (unpaired) electrons. The van der Waals surface area contributed by atoms with Crippen molar-refractivity contribution in [3.05, 3.63) is 29.3 Å². The summed E-state index contributed by atoms with van der Waals surface area (Å²) in [4.78, 5) is 11.6. The van der Waals surface area contributed by atoms with Crippen LogP contribution >= 0.6 is 0 Å². The lowest BCUT2D eigenvalue weighted by Crippen LogP contribution is -2.12. The molecule has 6 heteroatoms. The first kappa shape index (κ1) is 12.7. The van der Waals surface area contributed by atoms with Crippen LogP contribution in [0, 0.1) is 5.92 Å². The molecule has 0 aromatic heterocycles. The number of benzene rings is 1. The van der Waals surface area contributed by atoms with E-state index in [1.165, 1.54) is 6.07 Å². The average molecular weight is 259 g/mol. The van der Waals surface area contributed by atoms with Gasteiger partial charge in [0.2, 0.25) is 0 Å². The Morgan fingerprint density at radius 2 is 2.00 bits per heavy atom. The maximum Gasteiger partial charge on any atom is 0.416 e. The van der Waals surface area contributed by atoms with Gasteiger partial charge in [0.15, 0.2) is 0 Å². The van der Waals surface area contributed by atoms with Crippen molar-refractivity contribution in [1.29, 1.82) is 0 Å². The third-order valence-corrected chi connectivity index (χ3v) is 2.67. The molecule has 0 amide bonds. The van der Waals surface area contributed by atoms with Gasteiger partial charge >= 0.3 is 12.1 Å². The lowest BCUT2D eigenvalue weighted by atomic mass is 10.1. The summed E-state index contributed by atoms with van der Waals surface area (Å²) in [6.45, 7) is 0.259. The monoisotopic (exact) mass is 259 g/mol. The molecule has 2 rings (SSSR count). The van der Waals surface area contributed by atoms with Gasteiger partial charge in [0.1, 0.15) is 0 Å². The van der Waals surface area contributed by atoms with Crippen molar-refractivity contribution in [2.45, 2.75) is 19.0 Å². The van der Waals surface area contributed by atoms with Crippen molar-refractivity contribution in [2.75, 3.05) is 12.3 Å². The molecule has 0 atom stereocenters. The number of rotatable bonds is 3. The van der Waals surface area contributed by atoms with E-state index in [-0.39, 0.29) is 17.9 Å². The second-order valence-corrected chi connectivity index (χ2v) is 4.38. The average Bonchev–Trinajstić information content (AvgIpc) is 3.07. The molecule has 0 saturated heterocycles. The topological polar surface area (TPSA) is 52.3 Å². The van der Waals surface area contributed by atoms with Crippen molar-refractivity contribution in [3.63, 3.8) is 0 Å². The quantitative estimate of drug-likeness (QED) is 0.670. The zero-order valence-electron chi connectivity index (χ0n) is 9.46. The van der Waals surface area contributed by atoms with E-state index in [4.69, 9.17) is 10.5 Å². The first-order valence-corrected chi connectivity index (χ1v) is 5.51. The molecule has 1 aliphatic rings. The van der Waals surface area contributed by atoms with Gasteiger partial charge in [0.25, 0.3) is 0 Å². The molecule has 0 aliphatic heterocycles. The molecule has 0 unspecified atom stereocenters. The summed E-state index contributed by atoms with van der Waals surface area (Å²) in [6, 6.07) is 2.73. The van der Waals surface area contributed by atoms with Gasteiger partial charge in [-0.2, -0.15) is 13.2 Å².